The quantitative estimate of drug-likeness (QED) is 0.377. The molecule has 0 saturated heterocycles. The Hall–Kier alpha value is -3.59. The highest BCUT2D eigenvalue weighted by atomic mass is 32.2. The second-order valence-electron chi connectivity index (χ2n) is 7.94. The number of benzene rings is 2. The van der Waals surface area contributed by atoms with Gasteiger partial charge in [0.15, 0.2) is 11.5 Å². The maximum absolute atomic E-state index is 12.5. The number of carbonyl (C=O) groups excluding carboxylic acids is 1. The Bertz CT molecular complexity index is 1330. The molecule has 0 aliphatic rings. The van der Waals surface area contributed by atoms with E-state index in [0.717, 1.165) is 23.4 Å². The van der Waals surface area contributed by atoms with Crippen molar-refractivity contribution in [2.75, 3.05) is 25.3 Å². The van der Waals surface area contributed by atoms with E-state index in [9.17, 15) is 4.79 Å². The fourth-order valence-corrected chi connectivity index (χ4v) is 4.28. The van der Waals surface area contributed by atoms with E-state index in [-0.39, 0.29) is 11.7 Å². The van der Waals surface area contributed by atoms with Crippen LogP contribution in [0.3, 0.4) is 0 Å². The van der Waals surface area contributed by atoms with Gasteiger partial charge in [0.1, 0.15) is 0 Å². The molecule has 34 heavy (non-hydrogen) atoms. The summed E-state index contributed by atoms with van der Waals surface area (Å²) >= 11 is 1.27. The predicted octanol–water partition coefficient (Wildman–Crippen LogP) is 4.39. The van der Waals surface area contributed by atoms with Crippen molar-refractivity contribution in [1.29, 1.82) is 0 Å². The molecule has 1 amide bonds. The first kappa shape index (κ1) is 23.6. The first-order valence-corrected chi connectivity index (χ1v) is 11.8. The van der Waals surface area contributed by atoms with E-state index in [2.05, 4.69) is 51.6 Å². The Morgan fingerprint density at radius 1 is 1.00 bits per heavy atom. The van der Waals surface area contributed by atoms with Crippen molar-refractivity contribution in [3.8, 4) is 11.5 Å². The average Bonchev–Trinajstić information content (AvgIpc) is 3.24. The zero-order valence-corrected chi connectivity index (χ0v) is 20.7. The van der Waals surface area contributed by atoms with Gasteiger partial charge in [-0.2, -0.15) is 4.98 Å². The monoisotopic (exact) mass is 477 g/mol. The van der Waals surface area contributed by atoms with Crippen LogP contribution in [0.25, 0.3) is 5.78 Å². The second-order valence-corrected chi connectivity index (χ2v) is 8.88. The van der Waals surface area contributed by atoms with Crippen LogP contribution in [0.5, 0.6) is 11.5 Å². The van der Waals surface area contributed by atoms with Crippen molar-refractivity contribution in [2.45, 2.75) is 32.3 Å². The summed E-state index contributed by atoms with van der Waals surface area (Å²) < 4.78 is 12.3. The van der Waals surface area contributed by atoms with Gasteiger partial charge in [-0.15, -0.1) is 5.10 Å². The molecular weight excluding hydrogens is 450 g/mol. The van der Waals surface area contributed by atoms with E-state index in [1.165, 1.54) is 22.9 Å². The lowest BCUT2D eigenvalue weighted by atomic mass is 10.0. The van der Waals surface area contributed by atoms with Crippen molar-refractivity contribution in [2.24, 2.45) is 0 Å². The van der Waals surface area contributed by atoms with Gasteiger partial charge in [0.2, 0.25) is 11.1 Å². The maximum Gasteiger partial charge on any atom is 0.253 e. The summed E-state index contributed by atoms with van der Waals surface area (Å²) in [6.07, 6.45) is 0.775. The number of rotatable bonds is 8. The zero-order valence-electron chi connectivity index (χ0n) is 19.9. The normalized spacial score (nSPS) is 11.0. The fourth-order valence-electron chi connectivity index (χ4n) is 3.66. The number of aryl methyl sites for hydroxylation is 3. The van der Waals surface area contributed by atoms with Gasteiger partial charge in [0.05, 0.1) is 20.0 Å². The highest BCUT2D eigenvalue weighted by Gasteiger charge is 2.15. The smallest absolute Gasteiger partial charge is 0.253 e. The molecule has 0 atom stereocenters. The van der Waals surface area contributed by atoms with Gasteiger partial charge in [-0.25, -0.2) is 9.50 Å². The number of carbonyl (C=O) groups is 1. The maximum atomic E-state index is 12.5. The molecule has 9 heteroatoms. The number of nitrogens with one attached hydrogen (secondary N) is 1. The van der Waals surface area contributed by atoms with Crippen LogP contribution in [0.15, 0.2) is 47.6 Å². The fraction of sp³-hybridized carbons (Fsp3) is 0.280. The zero-order chi connectivity index (χ0) is 24.2. The Balaban J connectivity index is 1.46. The Morgan fingerprint density at radius 2 is 1.74 bits per heavy atom. The average molecular weight is 478 g/mol. The van der Waals surface area contributed by atoms with Crippen molar-refractivity contribution < 1.29 is 14.3 Å². The first-order chi connectivity index (χ1) is 16.4. The van der Waals surface area contributed by atoms with Crippen LogP contribution in [0.1, 0.15) is 28.1 Å². The van der Waals surface area contributed by atoms with Crippen LogP contribution in [0.4, 0.5) is 5.69 Å². The lowest BCUT2D eigenvalue weighted by molar-refractivity contribution is -0.113. The van der Waals surface area contributed by atoms with E-state index >= 15 is 0 Å². The molecule has 0 saturated carbocycles. The van der Waals surface area contributed by atoms with Gasteiger partial charge in [0.25, 0.3) is 5.78 Å². The summed E-state index contributed by atoms with van der Waals surface area (Å²) in [5.41, 5.74) is 6.14. The number of hydrogen-bond donors (Lipinski definition) is 1. The van der Waals surface area contributed by atoms with Crippen molar-refractivity contribution in [3.63, 3.8) is 0 Å². The molecule has 1 N–H and O–H groups in total. The number of thioether (sulfide) groups is 1. The topological polar surface area (TPSA) is 90.6 Å². The van der Waals surface area contributed by atoms with Gasteiger partial charge in [0, 0.05) is 29.6 Å². The third kappa shape index (κ3) is 5.14. The summed E-state index contributed by atoms with van der Waals surface area (Å²) in [7, 11) is 3.12. The molecule has 0 aliphatic carbocycles. The summed E-state index contributed by atoms with van der Waals surface area (Å²) in [5.74, 6) is 1.68. The van der Waals surface area contributed by atoms with E-state index in [1.54, 1.807) is 36.9 Å². The minimum atomic E-state index is -0.169. The molecule has 8 nitrogen and oxygen atoms in total. The number of fused-ring (bicyclic) bond motifs is 1. The molecule has 2 aromatic carbocycles. The minimum absolute atomic E-state index is 0.166. The number of amides is 1. The van der Waals surface area contributed by atoms with E-state index < -0.39 is 0 Å². The number of hydrogen-bond acceptors (Lipinski definition) is 7. The van der Waals surface area contributed by atoms with Gasteiger partial charge >= 0.3 is 0 Å². The molecule has 0 aliphatic heterocycles. The number of methoxy groups -OCH3 is 2. The molecule has 176 valence electrons. The summed E-state index contributed by atoms with van der Waals surface area (Å²) in [6.45, 7) is 6.10. The second kappa shape index (κ2) is 10.1. The van der Waals surface area contributed by atoms with Gasteiger partial charge in [-0.3, -0.25) is 4.79 Å². The molecule has 2 aromatic heterocycles. The van der Waals surface area contributed by atoms with Gasteiger partial charge in [-0.05, 0) is 44.0 Å². The van der Waals surface area contributed by atoms with Crippen LogP contribution in [-0.4, -0.2) is 45.5 Å². The molecule has 2 heterocycles. The Labute approximate surface area is 202 Å². The highest BCUT2D eigenvalue weighted by molar-refractivity contribution is 7.99. The van der Waals surface area contributed by atoms with Crippen LogP contribution < -0.4 is 14.8 Å². The third-order valence-electron chi connectivity index (χ3n) is 5.53. The number of aromatic nitrogens is 4. The van der Waals surface area contributed by atoms with Crippen LogP contribution in [-0.2, 0) is 11.2 Å². The Morgan fingerprint density at radius 3 is 2.44 bits per heavy atom. The summed E-state index contributed by atoms with van der Waals surface area (Å²) in [4.78, 5) is 21.6. The highest BCUT2D eigenvalue weighted by Crippen LogP contribution is 2.30. The summed E-state index contributed by atoms with van der Waals surface area (Å²) in [6, 6.07) is 13.7. The van der Waals surface area contributed by atoms with Crippen molar-refractivity contribution >= 4 is 29.1 Å². The molecular formula is C25H27N5O3S. The van der Waals surface area contributed by atoms with Crippen molar-refractivity contribution in [3.05, 3.63) is 70.5 Å². The van der Waals surface area contributed by atoms with E-state index in [0.29, 0.717) is 28.1 Å². The standard InChI is InChI=1S/C25H27N5O3S/c1-15-6-8-18(9-7-15)12-20-16(2)26-24-28-25(29-30(24)17(20)3)34-14-23(31)27-19-10-11-21(32-4)22(13-19)33-5/h6-11,13H,12,14H2,1-5H3,(H,27,31). The van der Waals surface area contributed by atoms with E-state index in [1.807, 2.05) is 13.8 Å². The predicted molar refractivity (Wildman–Crippen MR) is 133 cm³/mol. The van der Waals surface area contributed by atoms with Crippen LogP contribution in [0.2, 0.25) is 0 Å². The molecule has 4 rings (SSSR count). The number of anilines is 1. The van der Waals surface area contributed by atoms with E-state index in [4.69, 9.17) is 9.47 Å². The van der Waals surface area contributed by atoms with Crippen molar-refractivity contribution in [1.82, 2.24) is 19.6 Å². The summed E-state index contributed by atoms with van der Waals surface area (Å²) in [5, 5.41) is 7.95. The van der Waals surface area contributed by atoms with Crippen LogP contribution in [0, 0.1) is 20.8 Å². The molecule has 0 unspecified atom stereocenters. The molecule has 0 fully saturated rings. The minimum Gasteiger partial charge on any atom is -0.493 e. The number of nitrogens with zero attached hydrogens (tertiary/aromatic N) is 4. The largest absolute Gasteiger partial charge is 0.493 e. The SMILES string of the molecule is COc1ccc(NC(=O)CSc2nc3nc(C)c(Cc4ccc(C)cc4)c(C)n3n2)cc1OC. The molecule has 0 bridgehead atoms. The van der Waals surface area contributed by atoms with Crippen LogP contribution >= 0.6 is 11.8 Å². The third-order valence-corrected chi connectivity index (χ3v) is 6.37. The first-order valence-electron chi connectivity index (χ1n) is 10.8. The Kier molecular flexibility index (Phi) is 7.02. The molecule has 4 aromatic rings. The lowest BCUT2D eigenvalue weighted by Gasteiger charge is -2.10. The van der Waals surface area contributed by atoms with Gasteiger partial charge in [-0.1, -0.05) is 41.6 Å². The molecule has 0 spiro atoms. The lowest BCUT2D eigenvalue weighted by Crippen LogP contribution is -2.14. The number of ether oxygens (including phenoxy) is 2. The molecule has 0 radical (unpaired) electrons. The van der Waals surface area contributed by atoms with Gasteiger partial charge < -0.3 is 14.8 Å².